The van der Waals surface area contributed by atoms with E-state index >= 15 is 0 Å². The lowest BCUT2D eigenvalue weighted by Gasteiger charge is -2.07. The van der Waals surface area contributed by atoms with Crippen molar-refractivity contribution in [3.05, 3.63) is 57.8 Å². The maximum atomic E-state index is 6.05. The molecule has 0 unspecified atom stereocenters. The van der Waals surface area contributed by atoms with Gasteiger partial charge in [-0.15, -0.1) is 0 Å². The number of aromatic amines is 1. The highest BCUT2D eigenvalue weighted by atomic mass is 35.5. The van der Waals surface area contributed by atoms with Crippen molar-refractivity contribution in [2.75, 3.05) is 14.2 Å². The molecule has 0 atom stereocenters. The molecule has 0 radical (unpaired) electrons. The van der Waals surface area contributed by atoms with Gasteiger partial charge in [0.2, 0.25) is 4.77 Å². The summed E-state index contributed by atoms with van der Waals surface area (Å²) in [5.74, 6) is 1.85. The Morgan fingerprint density at radius 1 is 1.16 bits per heavy atom. The second-order valence-electron chi connectivity index (χ2n) is 5.03. The Bertz CT molecular complexity index is 981. The minimum Gasteiger partial charge on any atom is -0.493 e. The maximum absolute atomic E-state index is 6.05. The molecular formula is C17H15ClN4O2S. The molecule has 25 heavy (non-hydrogen) atoms. The third-order valence-electron chi connectivity index (χ3n) is 3.46. The van der Waals surface area contributed by atoms with Crippen LogP contribution in [0.25, 0.3) is 11.4 Å². The minimum atomic E-state index is 0.381. The van der Waals surface area contributed by atoms with E-state index in [0.717, 1.165) is 11.1 Å². The van der Waals surface area contributed by atoms with Crippen LogP contribution in [0.3, 0.4) is 0 Å². The van der Waals surface area contributed by atoms with E-state index in [1.165, 1.54) is 4.68 Å². The number of aromatic nitrogens is 3. The van der Waals surface area contributed by atoms with Crippen molar-refractivity contribution in [2.24, 2.45) is 5.10 Å². The molecule has 0 aliphatic carbocycles. The van der Waals surface area contributed by atoms with Gasteiger partial charge in [0.1, 0.15) is 0 Å². The van der Waals surface area contributed by atoms with Gasteiger partial charge in [0.05, 0.1) is 20.4 Å². The predicted octanol–water partition coefficient (Wildman–Crippen LogP) is 4.16. The minimum absolute atomic E-state index is 0.381. The summed E-state index contributed by atoms with van der Waals surface area (Å²) in [7, 11) is 3.18. The fourth-order valence-electron chi connectivity index (χ4n) is 2.27. The van der Waals surface area contributed by atoms with E-state index in [1.807, 2.05) is 30.3 Å². The Morgan fingerprint density at radius 2 is 1.96 bits per heavy atom. The number of ether oxygens (including phenoxy) is 2. The topological polar surface area (TPSA) is 64.4 Å². The molecule has 0 saturated carbocycles. The number of halogens is 1. The van der Waals surface area contributed by atoms with E-state index in [-0.39, 0.29) is 0 Å². The molecule has 0 amide bonds. The Balaban J connectivity index is 1.97. The SMILES string of the molecule is COc1ccc(/C=N\n2c(-c3cccc(Cl)c3)n[nH]c2=S)cc1OC. The van der Waals surface area contributed by atoms with E-state index in [1.54, 1.807) is 32.6 Å². The first kappa shape index (κ1) is 17.2. The number of nitrogens with one attached hydrogen (secondary N) is 1. The highest BCUT2D eigenvalue weighted by Gasteiger charge is 2.09. The van der Waals surface area contributed by atoms with Crippen molar-refractivity contribution < 1.29 is 9.47 Å². The van der Waals surface area contributed by atoms with Crippen LogP contribution in [0.15, 0.2) is 47.6 Å². The molecule has 3 aromatic rings. The summed E-state index contributed by atoms with van der Waals surface area (Å²) in [5.41, 5.74) is 1.64. The molecule has 0 bridgehead atoms. The van der Waals surface area contributed by atoms with E-state index in [9.17, 15) is 0 Å². The largest absolute Gasteiger partial charge is 0.493 e. The quantitative estimate of drug-likeness (QED) is 0.538. The first-order chi connectivity index (χ1) is 12.1. The highest BCUT2D eigenvalue weighted by Crippen LogP contribution is 2.27. The summed E-state index contributed by atoms with van der Waals surface area (Å²) in [5, 5.41) is 12.0. The average Bonchev–Trinajstić information content (AvgIpc) is 3.00. The van der Waals surface area contributed by atoms with E-state index < -0.39 is 0 Å². The van der Waals surface area contributed by atoms with Crippen molar-refractivity contribution in [2.45, 2.75) is 0 Å². The molecule has 0 aliphatic rings. The Kier molecular flexibility index (Phi) is 5.16. The number of hydrogen-bond donors (Lipinski definition) is 1. The van der Waals surface area contributed by atoms with Crippen LogP contribution in [0.4, 0.5) is 0 Å². The number of hydrogen-bond acceptors (Lipinski definition) is 5. The summed E-state index contributed by atoms with van der Waals surface area (Å²) in [4.78, 5) is 0. The molecule has 0 saturated heterocycles. The molecule has 1 aromatic heterocycles. The lowest BCUT2D eigenvalue weighted by Crippen LogP contribution is -1.96. The van der Waals surface area contributed by atoms with E-state index in [2.05, 4.69) is 15.3 Å². The van der Waals surface area contributed by atoms with Gasteiger partial charge in [0.25, 0.3) is 0 Å². The van der Waals surface area contributed by atoms with Crippen molar-refractivity contribution >= 4 is 30.0 Å². The molecular weight excluding hydrogens is 360 g/mol. The lowest BCUT2D eigenvalue weighted by molar-refractivity contribution is 0.355. The third-order valence-corrected chi connectivity index (χ3v) is 3.96. The molecule has 8 heteroatoms. The van der Waals surface area contributed by atoms with Gasteiger partial charge >= 0.3 is 0 Å². The van der Waals surface area contributed by atoms with E-state index in [4.69, 9.17) is 33.3 Å². The van der Waals surface area contributed by atoms with Crippen LogP contribution in [-0.2, 0) is 0 Å². The predicted molar refractivity (Wildman–Crippen MR) is 100 cm³/mol. The number of nitrogens with zero attached hydrogens (tertiary/aromatic N) is 3. The molecule has 128 valence electrons. The Hall–Kier alpha value is -2.64. The molecule has 2 aromatic carbocycles. The number of benzene rings is 2. The fourth-order valence-corrected chi connectivity index (χ4v) is 2.64. The normalized spacial score (nSPS) is 11.0. The monoisotopic (exact) mass is 374 g/mol. The zero-order valence-corrected chi connectivity index (χ0v) is 15.1. The standard InChI is InChI=1S/C17H15ClN4O2S/c1-23-14-7-6-11(8-15(14)24-2)10-19-22-16(20-21-17(22)25)12-4-3-5-13(18)9-12/h3-10H,1-2H3,(H,21,25)/b19-10-. The zero-order chi connectivity index (χ0) is 17.8. The molecule has 6 nitrogen and oxygen atoms in total. The van der Waals surface area contributed by atoms with Gasteiger partial charge in [-0.3, -0.25) is 0 Å². The first-order valence-corrected chi connectivity index (χ1v) is 8.10. The van der Waals surface area contributed by atoms with Crippen molar-refractivity contribution in [1.29, 1.82) is 0 Å². The van der Waals surface area contributed by atoms with Crippen molar-refractivity contribution in [1.82, 2.24) is 14.9 Å². The second kappa shape index (κ2) is 7.50. The maximum Gasteiger partial charge on any atom is 0.216 e. The van der Waals surface area contributed by atoms with Crippen LogP contribution < -0.4 is 9.47 Å². The van der Waals surface area contributed by atoms with Gasteiger partial charge in [-0.25, -0.2) is 5.10 Å². The third kappa shape index (κ3) is 3.72. The van der Waals surface area contributed by atoms with Gasteiger partial charge in [-0.2, -0.15) is 14.9 Å². The van der Waals surface area contributed by atoms with Crippen LogP contribution in [0.2, 0.25) is 5.02 Å². The van der Waals surface area contributed by atoms with E-state index in [0.29, 0.717) is 27.1 Å². The Morgan fingerprint density at radius 3 is 2.68 bits per heavy atom. The zero-order valence-electron chi connectivity index (χ0n) is 13.6. The van der Waals surface area contributed by atoms with Crippen LogP contribution in [0, 0.1) is 4.77 Å². The lowest BCUT2D eigenvalue weighted by atomic mass is 10.2. The van der Waals surface area contributed by atoms with Crippen molar-refractivity contribution in [3.63, 3.8) is 0 Å². The van der Waals surface area contributed by atoms with Gasteiger partial charge in [0, 0.05) is 10.6 Å². The Labute approximate surface area is 154 Å². The fraction of sp³-hybridized carbons (Fsp3) is 0.118. The van der Waals surface area contributed by atoms with Gasteiger partial charge in [-0.05, 0) is 48.1 Å². The van der Waals surface area contributed by atoms with Gasteiger partial charge in [-0.1, -0.05) is 23.7 Å². The summed E-state index contributed by atoms with van der Waals surface area (Å²) >= 11 is 11.3. The first-order valence-electron chi connectivity index (χ1n) is 7.32. The van der Waals surface area contributed by atoms with Crippen LogP contribution in [0.5, 0.6) is 11.5 Å². The molecule has 0 spiro atoms. The molecule has 1 heterocycles. The molecule has 1 N–H and O–H groups in total. The number of methoxy groups -OCH3 is 2. The summed E-state index contributed by atoms with van der Waals surface area (Å²) < 4.78 is 12.4. The summed E-state index contributed by atoms with van der Waals surface area (Å²) in [6.45, 7) is 0. The van der Waals surface area contributed by atoms with Crippen molar-refractivity contribution in [3.8, 4) is 22.9 Å². The van der Waals surface area contributed by atoms with Crippen LogP contribution in [0.1, 0.15) is 5.56 Å². The second-order valence-corrected chi connectivity index (χ2v) is 5.86. The smallest absolute Gasteiger partial charge is 0.216 e. The number of rotatable bonds is 5. The number of H-pyrrole nitrogens is 1. The summed E-state index contributed by atoms with van der Waals surface area (Å²) in [6, 6.07) is 12.8. The molecule has 0 fully saturated rings. The summed E-state index contributed by atoms with van der Waals surface area (Å²) in [6.07, 6.45) is 1.67. The molecule has 0 aliphatic heterocycles. The van der Waals surface area contributed by atoms with Gasteiger partial charge < -0.3 is 9.47 Å². The van der Waals surface area contributed by atoms with Gasteiger partial charge in [0.15, 0.2) is 17.3 Å². The molecule has 3 rings (SSSR count). The highest BCUT2D eigenvalue weighted by molar-refractivity contribution is 7.71. The average molecular weight is 375 g/mol. The van der Waals surface area contributed by atoms with Crippen LogP contribution in [-0.4, -0.2) is 35.3 Å². The van der Waals surface area contributed by atoms with Crippen LogP contribution >= 0.6 is 23.8 Å².